The third-order valence-corrected chi connectivity index (χ3v) is 5.84. The molecular weight excluding hydrogens is 476 g/mol. The molecule has 0 aliphatic heterocycles. The van der Waals surface area contributed by atoms with Crippen LogP contribution in [0.15, 0.2) is 95.0 Å². The Balaban J connectivity index is 1.45. The van der Waals surface area contributed by atoms with Crippen molar-refractivity contribution in [1.29, 1.82) is 5.26 Å². The lowest BCUT2D eigenvalue weighted by atomic mass is 10.0. The van der Waals surface area contributed by atoms with Crippen molar-refractivity contribution in [3.8, 4) is 11.8 Å². The lowest BCUT2D eigenvalue weighted by Gasteiger charge is -2.12. The quantitative estimate of drug-likeness (QED) is 0.230. The van der Waals surface area contributed by atoms with Gasteiger partial charge in [-0.25, -0.2) is 0 Å². The molecule has 5 heteroatoms. The van der Waals surface area contributed by atoms with E-state index in [2.05, 4.69) is 52.4 Å². The number of amides is 1. The Labute approximate surface area is 201 Å². The molecule has 0 atom stereocenters. The minimum absolute atomic E-state index is 0.0259. The van der Waals surface area contributed by atoms with E-state index >= 15 is 0 Å². The summed E-state index contributed by atoms with van der Waals surface area (Å²) in [6.45, 7) is 2.54. The highest BCUT2D eigenvalue weighted by Gasteiger charge is 2.10. The number of ether oxygens (including phenoxy) is 1. The molecular formula is C28H21BrN2O2. The molecule has 33 heavy (non-hydrogen) atoms. The summed E-state index contributed by atoms with van der Waals surface area (Å²) in [5.41, 5.74) is 3.73. The summed E-state index contributed by atoms with van der Waals surface area (Å²) in [5.74, 6) is 0.267. The summed E-state index contributed by atoms with van der Waals surface area (Å²) in [4.78, 5) is 12.5. The van der Waals surface area contributed by atoms with E-state index in [1.807, 2.05) is 54.6 Å². The van der Waals surface area contributed by atoms with E-state index in [0.717, 1.165) is 21.3 Å². The number of hydrogen-bond donors (Lipinski definition) is 1. The van der Waals surface area contributed by atoms with Crippen LogP contribution in [0.25, 0.3) is 16.8 Å². The highest BCUT2D eigenvalue weighted by Crippen LogP contribution is 2.24. The zero-order valence-corrected chi connectivity index (χ0v) is 19.6. The first-order valence-corrected chi connectivity index (χ1v) is 11.2. The lowest BCUT2D eigenvalue weighted by molar-refractivity contribution is -0.112. The second-order valence-corrected chi connectivity index (χ2v) is 8.49. The number of anilines is 1. The molecule has 1 amide bonds. The topological polar surface area (TPSA) is 62.1 Å². The first kappa shape index (κ1) is 22.3. The molecule has 4 aromatic rings. The van der Waals surface area contributed by atoms with E-state index in [1.165, 1.54) is 16.3 Å². The molecule has 0 aliphatic rings. The molecule has 162 valence electrons. The van der Waals surface area contributed by atoms with Crippen LogP contribution in [0.2, 0.25) is 0 Å². The SMILES string of the molecule is Cc1ccc2ccccc2c1COc1ccc(/C=C(\C#N)C(=O)Nc2ccc(Br)cc2)cc1. The van der Waals surface area contributed by atoms with Crippen LogP contribution < -0.4 is 10.1 Å². The van der Waals surface area contributed by atoms with Gasteiger partial charge in [0.05, 0.1) is 0 Å². The van der Waals surface area contributed by atoms with Crippen LogP contribution in [0.4, 0.5) is 5.69 Å². The molecule has 0 aliphatic carbocycles. The van der Waals surface area contributed by atoms with Crippen LogP contribution in [0.1, 0.15) is 16.7 Å². The standard InChI is InChI=1S/C28H21BrN2O2/c1-19-6-9-21-4-2-3-5-26(21)27(19)18-33-25-14-7-20(8-15-25)16-22(17-30)28(32)31-24-12-10-23(29)11-13-24/h2-16H,18H2,1H3,(H,31,32)/b22-16+. The van der Waals surface area contributed by atoms with E-state index < -0.39 is 5.91 Å². The predicted molar refractivity (Wildman–Crippen MR) is 136 cm³/mol. The number of benzene rings is 4. The molecule has 0 bridgehead atoms. The Bertz CT molecular complexity index is 1370. The minimum atomic E-state index is -0.452. The van der Waals surface area contributed by atoms with Gasteiger partial charge in [-0.3, -0.25) is 4.79 Å². The molecule has 4 aromatic carbocycles. The van der Waals surface area contributed by atoms with E-state index in [-0.39, 0.29) is 5.57 Å². The summed E-state index contributed by atoms with van der Waals surface area (Å²) in [6.07, 6.45) is 1.56. The van der Waals surface area contributed by atoms with Crippen molar-refractivity contribution in [1.82, 2.24) is 0 Å². The number of nitriles is 1. The highest BCUT2D eigenvalue weighted by atomic mass is 79.9. The van der Waals surface area contributed by atoms with Crippen molar-refractivity contribution >= 4 is 44.4 Å². The van der Waals surface area contributed by atoms with Crippen LogP contribution in [-0.4, -0.2) is 5.91 Å². The van der Waals surface area contributed by atoms with E-state index in [4.69, 9.17) is 4.74 Å². The van der Waals surface area contributed by atoms with Crippen molar-refractivity contribution in [2.24, 2.45) is 0 Å². The predicted octanol–water partition coefficient (Wildman–Crippen LogP) is 7.04. The number of rotatable bonds is 6. The molecule has 0 saturated carbocycles. The summed E-state index contributed by atoms with van der Waals surface area (Å²) in [7, 11) is 0. The maximum absolute atomic E-state index is 12.5. The molecule has 0 aromatic heterocycles. The highest BCUT2D eigenvalue weighted by molar-refractivity contribution is 9.10. The summed E-state index contributed by atoms with van der Waals surface area (Å²) in [6, 6.07) is 29.0. The minimum Gasteiger partial charge on any atom is -0.489 e. The Morgan fingerprint density at radius 3 is 2.45 bits per heavy atom. The summed E-state index contributed by atoms with van der Waals surface area (Å²) in [5, 5.41) is 14.6. The smallest absolute Gasteiger partial charge is 0.266 e. The Kier molecular flexibility index (Phi) is 6.87. The second-order valence-electron chi connectivity index (χ2n) is 7.57. The Hall–Kier alpha value is -3.88. The fraction of sp³-hybridized carbons (Fsp3) is 0.0714. The number of nitrogens with one attached hydrogen (secondary N) is 1. The van der Waals surface area contributed by atoms with Crippen molar-refractivity contribution in [2.75, 3.05) is 5.32 Å². The van der Waals surface area contributed by atoms with Gasteiger partial charge in [0.15, 0.2) is 0 Å². The van der Waals surface area contributed by atoms with Gasteiger partial charge in [-0.05, 0) is 71.3 Å². The fourth-order valence-corrected chi connectivity index (χ4v) is 3.76. The Morgan fingerprint density at radius 1 is 1.00 bits per heavy atom. The first-order chi connectivity index (χ1) is 16.0. The number of fused-ring (bicyclic) bond motifs is 1. The molecule has 4 rings (SSSR count). The molecule has 0 fully saturated rings. The normalized spacial score (nSPS) is 11.1. The summed E-state index contributed by atoms with van der Waals surface area (Å²) < 4.78 is 6.95. The third-order valence-electron chi connectivity index (χ3n) is 5.32. The molecule has 1 N–H and O–H groups in total. The van der Waals surface area contributed by atoms with Crippen molar-refractivity contribution < 1.29 is 9.53 Å². The molecule has 0 heterocycles. The number of nitrogens with zero attached hydrogens (tertiary/aromatic N) is 1. The zero-order valence-electron chi connectivity index (χ0n) is 18.0. The molecule has 0 radical (unpaired) electrons. The van der Waals surface area contributed by atoms with E-state index in [9.17, 15) is 10.1 Å². The van der Waals surface area contributed by atoms with Gasteiger partial charge < -0.3 is 10.1 Å². The van der Waals surface area contributed by atoms with Gasteiger partial charge in [-0.1, -0.05) is 64.5 Å². The molecule has 0 unspecified atom stereocenters. The largest absolute Gasteiger partial charge is 0.489 e. The maximum Gasteiger partial charge on any atom is 0.266 e. The van der Waals surface area contributed by atoms with Gasteiger partial charge in [-0.2, -0.15) is 5.26 Å². The van der Waals surface area contributed by atoms with Gasteiger partial charge in [0, 0.05) is 15.7 Å². The fourth-order valence-electron chi connectivity index (χ4n) is 3.50. The van der Waals surface area contributed by atoms with Crippen LogP contribution in [0.3, 0.4) is 0 Å². The number of carbonyl (C=O) groups excluding carboxylic acids is 1. The number of halogens is 1. The first-order valence-electron chi connectivity index (χ1n) is 10.4. The van der Waals surface area contributed by atoms with Crippen LogP contribution >= 0.6 is 15.9 Å². The van der Waals surface area contributed by atoms with Crippen LogP contribution in [0, 0.1) is 18.3 Å². The maximum atomic E-state index is 12.5. The van der Waals surface area contributed by atoms with Crippen LogP contribution in [-0.2, 0) is 11.4 Å². The van der Waals surface area contributed by atoms with Gasteiger partial charge in [0.2, 0.25) is 0 Å². The van der Waals surface area contributed by atoms with Crippen molar-refractivity contribution in [2.45, 2.75) is 13.5 Å². The van der Waals surface area contributed by atoms with Gasteiger partial charge in [0.25, 0.3) is 5.91 Å². The number of hydrogen-bond acceptors (Lipinski definition) is 3. The third kappa shape index (κ3) is 5.49. The number of carbonyl (C=O) groups is 1. The monoisotopic (exact) mass is 496 g/mol. The molecule has 4 nitrogen and oxygen atoms in total. The van der Waals surface area contributed by atoms with E-state index in [1.54, 1.807) is 18.2 Å². The average Bonchev–Trinajstić information content (AvgIpc) is 2.84. The molecule has 0 spiro atoms. The molecule has 0 saturated heterocycles. The second kappa shape index (κ2) is 10.2. The van der Waals surface area contributed by atoms with Gasteiger partial charge in [-0.15, -0.1) is 0 Å². The lowest BCUT2D eigenvalue weighted by Crippen LogP contribution is -2.13. The van der Waals surface area contributed by atoms with Crippen molar-refractivity contribution in [3.63, 3.8) is 0 Å². The van der Waals surface area contributed by atoms with Gasteiger partial charge >= 0.3 is 0 Å². The number of aryl methyl sites for hydroxylation is 1. The Morgan fingerprint density at radius 2 is 1.73 bits per heavy atom. The summed E-state index contributed by atoms with van der Waals surface area (Å²) >= 11 is 3.36. The van der Waals surface area contributed by atoms with Crippen molar-refractivity contribution in [3.05, 3.63) is 112 Å². The average molecular weight is 497 g/mol. The van der Waals surface area contributed by atoms with E-state index in [0.29, 0.717) is 12.3 Å². The zero-order chi connectivity index (χ0) is 23.2. The van der Waals surface area contributed by atoms with Gasteiger partial charge in [0.1, 0.15) is 24.0 Å². The van der Waals surface area contributed by atoms with Crippen LogP contribution in [0.5, 0.6) is 5.75 Å².